The number of halogens is 2. The molecule has 48 valence electrons. The third-order valence-electron chi connectivity index (χ3n) is 0.790. The zero-order chi connectivity index (χ0) is 6.85. The molecule has 0 spiro atoms. The summed E-state index contributed by atoms with van der Waals surface area (Å²) in [7, 11) is 0. The molecule has 0 aromatic rings. The fourth-order valence-electron chi connectivity index (χ4n) is 0.436. The van der Waals surface area contributed by atoms with E-state index in [-0.39, 0.29) is 5.97 Å². The van der Waals surface area contributed by atoms with Gasteiger partial charge in [0.15, 0.2) is 5.76 Å². The van der Waals surface area contributed by atoms with E-state index in [1.807, 2.05) is 0 Å². The molecule has 0 radical (unpaired) electrons. The van der Waals surface area contributed by atoms with Crippen molar-refractivity contribution in [2.24, 2.45) is 0 Å². The summed E-state index contributed by atoms with van der Waals surface area (Å²) in [5, 5.41) is 0. The van der Waals surface area contributed by atoms with Crippen LogP contribution in [0.5, 0.6) is 0 Å². The molecular formula is C5H2Br2O2. The Morgan fingerprint density at radius 1 is 1.67 bits per heavy atom. The molecule has 0 N–H and O–H groups in total. The van der Waals surface area contributed by atoms with E-state index < -0.39 is 0 Å². The Hall–Kier alpha value is -0.0900. The summed E-state index contributed by atoms with van der Waals surface area (Å²) in [5.74, 6) is 0.174. The minimum absolute atomic E-state index is 0.340. The molecule has 0 fully saturated rings. The van der Waals surface area contributed by atoms with Crippen molar-refractivity contribution < 1.29 is 9.53 Å². The van der Waals surface area contributed by atoms with E-state index >= 15 is 0 Å². The van der Waals surface area contributed by atoms with Crippen LogP contribution in [-0.4, -0.2) is 5.97 Å². The van der Waals surface area contributed by atoms with Crippen molar-refractivity contribution in [2.45, 2.75) is 0 Å². The van der Waals surface area contributed by atoms with Gasteiger partial charge in [0.25, 0.3) is 0 Å². The predicted molar refractivity (Wildman–Crippen MR) is 40.1 cm³/mol. The van der Waals surface area contributed by atoms with Crippen LogP contribution in [0.25, 0.3) is 0 Å². The molecule has 1 aliphatic heterocycles. The van der Waals surface area contributed by atoms with E-state index in [1.54, 1.807) is 4.99 Å². The van der Waals surface area contributed by atoms with E-state index in [4.69, 9.17) is 0 Å². The van der Waals surface area contributed by atoms with Gasteiger partial charge in [0.05, 0.1) is 4.48 Å². The van der Waals surface area contributed by atoms with Crippen LogP contribution in [-0.2, 0) is 9.53 Å². The highest BCUT2D eigenvalue weighted by molar-refractivity contribution is 9.12. The normalized spacial score (nSPS) is 22.2. The molecule has 1 aliphatic rings. The van der Waals surface area contributed by atoms with Crippen molar-refractivity contribution in [3.8, 4) is 0 Å². The number of cyclic esters (lactones) is 1. The molecule has 2 nitrogen and oxygen atoms in total. The van der Waals surface area contributed by atoms with Crippen LogP contribution in [0.15, 0.2) is 21.3 Å². The lowest BCUT2D eigenvalue weighted by Gasteiger charge is -1.91. The highest BCUT2D eigenvalue weighted by atomic mass is 79.9. The molecule has 0 aromatic carbocycles. The first kappa shape index (κ1) is 7.02. The third kappa shape index (κ3) is 1.43. The summed E-state index contributed by atoms with van der Waals surface area (Å²) in [6.45, 7) is 0. The Bertz CT molecular complexity index is 205. The van der Waals surface area contributed by atoms with Gasteiger partial charge in [-0.3, -0.25) is 0 Å². The van der Waals surface area contributed by atoms with Gasteiger partial charge in [-0.15, -0.1) is 0 Å². The molecule has 1 rings (SSSR count). The second kappa shape index (κ2) is 2.66. The lowest BCUT2D eigenvalue weighted by atomic mass is 10.5. The monoisotopic (exact) mass is 252 g/mol. The van der Waals surface area contributed by atoms with E-state index in [1.165, 1.54) is 6.08 Å². The van der Waals surface area contributed by atoms with Crippen LogP contribution >= 0.6 is 31.9 Å². The van der Waals surface area contributed by atoms with Crippen LogP contribution in [0.3, 0.4) is 0 Å². The first-order valence-corrected chi connectivity index (χ1v) is 3.84. The number of hydrogen-bond donors (Lipinski definition) is 0. The first-order chi connectivity index (χ1) is 4.24. The van der Waals surface area contributed by atoms with Crippen LogP contribution in [0, 0.1) is 0 Å². The Morgan fingerprint density at radius 2 is 2.33 bits per heavy atom. The minimum Gasteiger partial charge on any atom is -0.422 e. The smallest absolute Gasteiger partial charge is 0.337 e. The molecule has 0 amide bonds. The number of carbonyl (C=O) groups excluding carboxylic acids is 1. The fourth-order valence-corrected chi connectivity index (χ4v) is 1.47. The summed E-state index contributed by atoms with van der Waals surface area (Å²) < 4.78 is 5.33. The average molecular weight is 254 g/mol. The lowest BCUT2D eigenvalue weighted by Crippen LogP contribution is -1.88. The van der Waals surface area contributed by atoms with E-state index in [9.17, 15) is 4.79 Å². The van der Waals surface area contributed by atoms with E-state index in [2.05, 4.69) is 36.6 Å². The Kier molecular flexibility index (Phi) is 2.08. The molecule has 0 bridgehead atoms. The topological polar surface area (TPSA) is 26.3 Å². The second-order valence-electron chi connectivity index (χ2n) is 1.39. The maximum Gasteiger partial charge on any atom is 0.337 e. The first-order valence-electron chi connectivity index (χ1n) is 2.14. The zero-order valence-electron chi connectivity index (χ0n) is 4.23. The summed E-state index contributed by atoms with van der Waals surface area (Å²) in [6.07, 6.45) is 1.37. The average Bonchev–Trinajstić information content (AvgIpc) is 2.10. The zero-order valence-corrected chi connectivity index (χ0v) is 7.40. The van der Waals surface area contributed by atoms with Gasteiger partial charge in [0, 0.05) is 11.1 Å². The van der Waals surface area contributed by atoms with Gasteiger partial charge in [0.2, 0.25) is 0 Å². The van der Waals surface area contributed by atoms with Gasteiger partial charge < -0.3 is 4.74 Å². The fraction of sp³-hybridized carbons (Fsp3) is 0. The SMILES string of the molecule is O=C1C=C(Br)/C(=C/Br)O1. The largest absolute Gasteiger partial charge is 0.422 e. The second-order valence-corrected chi connectivity index (χ2v) is 2.70. The Labute approximate surface area is 68.8 Å². The van der Waals surface area contributed by atoms with E-state index in [0.717, 1.165) is 0 Å². The molecule has 4 heteroatoms. The van der Waals surface area contributed by atoms with Gasteiger partial charge in [0.1, 0.15) is 0 Å². The van der Waals surface area contributed by atoms with Crippen molar-refractivity contribution in [1.29, 1.82) is 0 Å². The molecule has 9 heavy (non-hydrogen) atoms. The maximum absolute atomic E-state index is 10.4. The summed E-state index contributed by atoms with van der Waals surface area (Å²) in [5.41, 5.74) is 0. The third-order valence-corrected chi connectivity index (χ3v) is 1.83. The van der Waals surface area contributed by atoms with Crippen LogP contribution in [0.2, 0.25) is 0 Å². The quantitative estimate of drug-likeness (QED) is 0.618. The number of carbonyl (C=O) groups is 1. The maximum atomic E-state index is 10.4. The molecule has 0 saturated heterocycles. The number of allylic oxidation sites excluding steroid dienone is 1. The molecule has 0 aliphatic carbocycles. The predicted octanol–water partition coefficient (Wildman–Crippen LogP) is 2.06. The molecule has 0 saturated carbocycles. The van der Waals surface area contributed by atoms with Crippen LogP contribution < -0.4 is 0 Å². The van der Waals surface area contributed by atoms with E-state index in [0.29, 0.717) is 10.2 Å². The van der Waals surface area contributed by atoms with Crippen molar-refractivity contribution in [3.05, 3.63) is 21.3 Å². The number of hydrogen-bond acceptors (Lipinski definition) is 2. The molecule has 0 unspecified atom stereocenters. The van der Waals surface area contributed by atoms with Crippen molar-refractivity contribution in [2.75, 3.05) is 0 Å². The van der Waals surface area contributed by atoms with Gasteiger partial charge in [-0.05, 0) is 15.9 Å². The van der Waals surface area contributed by atoms with Crippen LogP contribution in [0.1, 0.15) is 0 Å². The highest BCUT2D eigenvalue weighted by Crippen LogP contribution is 2.25. The standard InChI is InChI=1S/C5H2Br2O2/c6-2-4-3(7)1-5(8)9-4/h1-2H/b4-2-. The Morgan fingerprint density at radius 3 is 2.56 bits per heavy atom. The van der Waals surface area contributed by atoms with Crippen LogP contribution in [0.4, 0.5) is 0 Å². The van der Waals surface area contributed by atoms with Gasteiger partial charge in [-0.1, -0.05) is 15.9 Å². The summed E-state index contributed by atoms with van der Waals surface area (Å²) in [6, 6.07) is 0. The number of rotatable bonds is 0. The number of esters is 1. The number of ether oxygens (including phenoxy) is 1. The molecular weight excluding hydrogens is 252 g/mol. The summed E-state index contributed by atoms with van der Waals surface area (Å²) in [4.78, 5) is 12.0. The highest BCUT2D eigenvalue weighted by Gasteiger charge is 2.16. The van der Waals surface area contributed by atoms with Crippen molar-refractivity contribution >= 4 is 37.8 Å². The van der Waals surface area contributed by atoms with Crippen molar-refractivity contribution in [3.63, 3.8) is 0 Å². The van der Waals surface area contributed by atoms with Gasteiger partial charge in [-0.2, -0.15) is 0 Å². The Balaban J connectivity index is 2.89. The van der Waals surface area contributed by atoms with Crippen molar-refractivity contribution in [1.82, 2.24) is 0 Å². The van der Waals surface area contributed by atoms with Gasteiger partial charge >= 0.3 is 5.97 Å². The lowest BCUT2D eigenvalue weighted by molar-refractivity contribution is -0.132. The molecule has 1 heterocycles. The molecule has 0 atom stereocenters. The summed E-state index contributed by atoms with van der Waals surface area (Å²) >= 11 is 6.16. The minimum atomic E-state index is -0.340. The molecule has 0 aromatic heterocycles. The van der Waals surface area contributed by atoms with Gasteiger partial charge in [-0.25, -0.2) is 4.79 Å².